The molecule has 0 bridgehead atoms. The molecule has 1 aromatic carbocycles. The van der Waals surface area contributed by atoms with Gasteiger partial charge in [-0.25, -0.2) is 4.79 Å². The topological polar surface area (TPSA) is 47.4 Å². The van der Waals surface area contributed by atoms with Crippen molar-refractivity contribution in [3.63, 3.8) is 0 Å². The number of rotatable bonds is 0. The van der Waals surface area contributed by atoms with Crippen LogP contribution in [0.1, 0.15) is 0 Å². The van der Waals surface area contributed by atoms with Gasteiger partial charge in [0.25, 0.3) is 0 Å². The monoisotopic (exact) mass is 231 g/mol. The summed E-state index contributed by atoms with van der Waals surface area (Å²) in [5.41, 5.74) is 0.851. The van der Waals surface area contributed by atoms with Gasteiger partial charge in [0.2, 0.25) is 0 Å². The molecule has 1 aliphatic heterocycles. The van der Waals surface area contributed by atoms with Gasteiger partial charge >= 0.3 is 6.03 Å². The van der Waals surface area contributed by atoms with Crippen molar-refractivity contribution in [1.29, 1.82) is 0 Å². The molecule has 0 spiro atoms. The van der Waals surface area contributed by atoms with Crippen molar-refractivity contribution < 1.29 is 9.53 Å². The predicted octanol–water partition coefficient (Wildman–Crippen LogP) is 1.34. The first kappa shape index (κ1) is 10.3. The summed E-state index contributed by atoms with van der Waals surface area (Å²) in [6.07, 6.45) is 1.72. The summed E-state index contributed by atoms with van der Waals surface area (Å²) in [6, 6.07) is 7.63. The molecule has 0 aliphatic carbocycles. The van der Waals surface area contributed by atoms with Gasteiger partial charge in [-0.05, 0) is 6.07 Å². The van der Waals surface area contributed by atoms with E-state index in [0.717, 1.165) is 10.9 Å². The molecule has 2 heterocycles. The van der Waals surface area contributed by atoms with Gasteiger partial charge in [0, 0.05) is 18.5 Å². The summed E-state index contributed by atoms with van der Waals surface area (Å²) in [6.45, 7) is 2.47. The molecule has 1 amide bonds. The van der Waals surface area contributed by atoms with Crippen molar-refractivity contribution >= 4 is 16.9 Å². The average Bonchev–Trinajstić information content (AvgIpc) is 2.83. The fourth-order valence-electron chi connectivity index (χ4n) is 2.01. The summed E-state index contributed by atoms with van der Waals surface area (Å²) >= 11 is 0. The number of ether oxygens (including phenoxy) is 1. The molecular weight excluding hydrogens is 218 g/mol. The Morgan fingerprint density at radius 2 is 2.00 bits per heavy atom. The van der Waals surface area contributed by atoms with Gasteiger partial charge in [0.15, 0.2) is 0 Å². The zero-order chi connectivity index (χ0) is 11.7. The smallest absolute Gasteiger partial charge is 0.345 e. The van der Waals surface area contributed by atoms with E-state index in [4.69, 9.17) is 4.74 Å². The minimum atomic E-state index is -0.0745. The number of aromatic nitrogens is 2. The fourth-order valence-corrected chi connectivity index (χ4v) is 2.01. The van der Waals surface area contributed by atoms with Crippen molar-refractivity contribution in [2.45, 2.75) is 0 Å². The number of nitrogens with zero attached hydrogens (tertiary/aromatic N) is 3. The molecule has 0 N–H and O–H groups in total. The van der Waals surface area contributed by atoms with E-state index in [1.54, 1.807) is 11.1 Å². The molecule has 5 heteroatoms. The molecule has 1 saturated heterocycles. The highest BCUT2D eigenvalue weighted by atomic mass is 16.5. The maximum absolute atomic E-state index is 12.2. The van der Waals surface area contributed by atoms with E-state index >= 15 is 0 Å². The molecule has 5 nitrogen and oxygen atoms in total. The highest BCUT2D eigenvalue weighted by Crippen LogP contribution is 2.13. The molecule has 1 aliphatic rings. The Morgan fingerprint density at radius 3 is 2.82 bits per heavy atom. The lowest BCUT2D eigenvalue weighted by Crippen LogP contribution is -2.43. The van der Waals surface area contributed by atoms with Gasteiger partial charge in [-0.3, -0.25) is 0 Å². The van der Waals surface area contributed by atoms with Crippen molar-refractivity contribution in [2.75, 3.05) is 26.3 Å². The van der Waals surface area contributed by atoms with Crippen LogP contribution in [0.2, 0.25) is 0 Å². The molecule has 17 heavy (non-hydrogen) atoms. The Hall–Kier alpha value is -1.88. The molecule has 2 aromatic rings. The van der Waals surface area contributed by atoms with Crippen LogP contribution >= 0.6 is 0 Å². The van der Waals surface area contributed by atoms with E-state index in [-0.39, 0.29) is 6.03 Å². The Kier molecular flexibility index (Phi) is 2.53. The molecule has 1 aromatic heterocycles. The average molecular weight is 231 g/mol. The number of hydrogen-bond donors (Lipinski definition) is 0. The van der Waals surface area contributed by atoms with Crippen molar-refractivity contribution in [3.8, 4) is 0 Å². The van der Waals surface area contributed by atoms with Gasteiger partial charge in [0.1, 0.15) is 0 Å². The van der Waals surface area contributed by atoms with Crippen LogP contribution in [-0.2, 0) is 4.74 Å². The standard InChI is InChI=1S/C12H13N3O2/c16-12(14-5-7-17-8-6-14)15-11-4-2-1-3-10(11)9-13-15/h1-4,9H,5-8H2. The minimum Gasteiger partial charge on any atom is -0.378 e. The number of para-hydroxylation sites is 1. The maximum Gasteiger partial charge on any atom is 0.345 e. The van der Waals surface area contributed by atoms with E-state index < -0.39 is 0 Å². The number of carbonyl (C=O) groups excluding carboxylic acids is 1. The zero-order valence-electron chi connectivity index (χ0n) is 9.37. The number of hydrogen-bond acceptors (Lipinski definition) is 3. The number of amides is 1. The molecule has 0 radical (unpaired) electrons. The third kappa shape index (κ3) is 1.78. The molecule has 0 saturated carbocycles. The van der Waals surface area contributed by atoms with Gasteiger partial charge in [-0.1, -0.05) is 18.2 Å². The van der Waals surface area contributed by atoms with Crippen molar-refractivity contribution in [3.05, 3.63) is 30.5 Å². The second-order valence-corrected chi connectivity index (χ2v) is 4.00. The van der Waals surface area contributed by atoms with E-state index in [1.165, 1.54) is 4.68 Å². The van der Waals surface area contributed by atoms with Crippen molar-refractivity contribution in [1.82, 2.24) is 14.7 Å². The third-order valence-electron chi connectivity index (χ3n) is 2.94. The summed E-state index contributed by atoms with van der Waals surface area (Å²) < 4.78 is 6.69. The summed E-state index contributed by atoms with van der Waals surface area (Å²) in [4.78, 5) is 14.0. The van der Waals surface area contributed by atoms with E-state index in [9.17, 15) is 4.79 Å². The Bertz CT molecular complexity index is 543. The lowest BCUT2D eigenvalue weighted by atomic mass is 10.3. The van der Waals surface area contributed by atoms with E-state index in [2.05, 4.69) is 5.10 Å². The maximum atomic E-state index is 12.2. The SMILES string of the molecule is O=C(N1CCOCC1)n1ncc2ccccc21. The minimum absolute atomic E-state index is 0.0745. The Morgan fingerprint density at radius 1 is 1.24 bits per heavy atom. The third-order valence-corrected chi connectivity index (χ3v) is 2.94. The summed E-state index contributed by atoms with van der Waals surface area (Å²) in [7, 11) is 0. The normalized spacial score (nSPS) is 16.4. The molecular formula is C12H13N3O2. The molecule has 1 fully saturated rings. The first-order valence-electron chi connectivity index (χ1n) is 5.66. The lowest BCUT2D eigenvalue weighted by molar-refractivity contribution is 0.0531. The van der Waals surface area contributed by atoms with Crippen molar-refractivity contribution in [2.24, 2.45) is 0 Å². The van der Waals surface area contributed by atoms with Crippen LogP contribution in [0.15, 0.2) is 30.5 Å². The van der Waals surface area contributed by atoms with Gasteiger partial charge in [-0.15, -0.1) is 0 Å². The largest absolute Gasteiger partial charge is 0.378 e. The molecule has 88 valence electrons. The number of carbonyl (C=O) groups is 1. The highest BCUT2D eigenvalue weighted by Gasteiger charge is 2.20. The second kappa shape index (κ2) is 4.18. The van der Waals surface area contributed by atoms with Gasteiger partial charge < -0.3 is 9.64 Å². The predicted molar refractivity (Wildman–Crippen MR) is 62.9 cm³/mol. The van der Waals surface area contributed by atoms with E-state index in [1.807, 2.05) is 24.3 Å². The van der Waals surface area contributed by atoms with Crippen LogP contribution in [0.3, 0.4) is 0 Å². The summed E-state index contributed by atoms with van der Waals surface area (Å²) in [5, 5.41) is 5.14. The van der Waals surface area contributed by atoms with E-state index in [0.29, 0.717) is 26.3 Å². The highest BCUT2D eigenvalue weighted by molar-refractivity contribution is 5.89. The quantitative estimate of drug-likeness (QED) is 0.687. The first-order valence-corrected chi connectivity index (χ1v) is 5.66. The number of fused-ring (bicyclic) bond motifs is 1. The fraction of sp³-hybridized carbons (Fsp3) is 0.333. The van der Waals surface area contributed by atoms with Crippen LogP contribution < -0.4 is 0 Å². The van der Waals surface area contributed by atoms with Crippen LogP contribution in [0.4, 0.5) is 4.79 Å². The van der Waals surface area contributed by atoms with Crippen LogP contribution in [-0.4, -0.2) is 47.0 Å². The Balaban J connectivity index is 1.95. The number of benzene rings is 1. The molecule has 0 unspecified atom stereocenters. The van der Waals surface area contributed by atoms with Gasteiger partial charge in [-0.2, -0.15) is 9.78 Å². The molecule has 0 atom stereocenters. The lowest BCUT2D eigenvalue weighted by Gasteiger charge is -2.26. The number of morpholine rings is 1. The van der Waals surface area contributed by atoms with Gasteiger partial charge in [0.05, 0.1) is 24.9 Å². The van der Waals surface area contributed by atoms with Crippen LogP contribution in [0, 0.1) is 0 Å². The first-order chi connectivity index (χ1) is 8.36. The molecule has 3 rings (SSSR count). The summed E-state index contributed by atoms with van der Waals surface area (Å²) in [5.74, 6) is 0. The van der Waals surface area contributed by atoms with Crippen LogP contribution in [0.25, 0.3) is 10.9 Å². The van der Waals surface area contributed by atoms with Crippen LogP contribution in [0.5, 0.6) is 0 Å². The Labute approximate surface area is 98.6 Å². The zero-order valence-corrected chi connectivity index (χ0v) is 9.37. The second-order valence-electron chi connectivity index (χ2n) is 4.00.